The highest BCUT2D eigenvalue weighted by molar-refractivity contribution is 6.09. The second kappa shape index (κ2) is 2.98. The van der Waals surface area contributed by atoms with Crippen molar-refractivity contribution in [3.63, 3.8) is 0 Å². The third-order valence-electron chi connectivity index (χ3n) is 2.66. The highest BCUT2D eigenvalue weighted by Crippen LogP contribution is 2.42. The first-order valence-corrected chi connectivity index (χ1v) is 4.87. The van der Waals surface area contributed by atoms with Gasteiger partial charge in [-0.15, -0.1) is 0 Å². The molecule has 86 valence electrons. The van der Waals surface area contributed by atoms with Crippen molar-refractivity contribution < 1.29 is 24.8 Å². The lowest BCUT2D eigenvalue weighted by Gasteiger charge is -1.96. The maximum absolute atomic E-state index is 9.63. The van der Waals surface area contributed by atoms with E-state index in [1.807, 2.05) is 0 Å². The molecule has 2 aromatic carbocycles. The van der Waals surface area contributed by atoms with Crippen molar-refractivity contribution in [3.05, 3.63) is 24.3 Å². The number of phenols is 4. The quantitative estimate of drug-likeness (QED) is 0.446. The number of fused-ring (bicyclic) bond motifs is 3. The minimum absolute atomic E-state index is 0.0703. The van der Waals surface area contributed by atoms with Crippen molar-refractivity contribution in [2.45, 2.75) is 0 Å². The van der Waals surface area contributed by atoms with Crippen molar-refractivity contribution >= 4 is 21.9 Å². The van der Waals surface area contributed by atoms with Gasteiger partial charge in [-0.1, -0.05) is 0 Å². The molecule has 1 aromatic heterocycles. The summed E-state index contributed by atoms with van der Waals surface area (Å²) in [6, 6.07) is 5.40. The normalized spacial score (nSPS) is 11.3. The van der Waals surface area contributed by atoms with E-state index >= 15 is 0 Å². The van der Waals surface area contributed by atoms with Crippen LogP contribution in [-0.2, 0) is 0 Å². The number of hydrogen-bond donors (Lipinski definition) is 4. The van der Waals surface area contributed by atoms with Gasteiger partial charge in [-0.3, -0.25) is 0 Å². The second-order valence-electron chi connectivity index (χ2n) is 3.75. The largest absolute Gasteiger partial charge is 0.508 e. The van der Waals surface area contributed by atoms with E-state index in [0.717, 1.165) is 6.07 Å². The molecule has 3 aromatic rings. The number of aromatic hydroxyl groups is 4. The van der Waals surface area contributed by atoms with Gasteiger partial charge in [0.1, 0.15) is 5.75 Å². The Morgan fingerprint density at radius 1 is 0.765 bits per heavy atom. The van der Waals surface area contributed by atoms with E-state index < -0.39 is 5.75 Å². The Balaban J connectivity index is 2.59. The maximum atomic E-state index is 9.63. The molecule has 0 saturated carbocycles. The first-order valence-electron chi connectivity index (χ1n) is 4.87. The van der Waals surface area contributed by atoms with Crippen molar-refractivity contribution in [1.29, 1.82) is 0 Å². The Morgan fingerprint density at radius 3 is 2.29 bits per heavy atom. The Kier molecular flexibility index (Phi) is 1.69. The molecule has 0 spiro atoms. The van der Waals surface area contributed by atoms with E-state index in [1.54, 1.807) is 0 Å². The summed E-state index contributed by atoms with van der Waals surface area (Å²) < 4.78 is 5.28. The van der Waals surface area contributed by atoms with E-state index in [0.29, 0.717) is 10.8 Å². The van der Waals surface area contributed by atoms with Crippen molar-refractivity contribution in [2.75, 3.05) is 0 Å². The third kappa shape index (κ3) is 1.19. The van der Waals surface area contributed by atoms with Crippen LogP contribution in [0.1, 0.15) is 0 Å². The van der Waals surface area contributed by atoms with Gasteiger partial charge in [0, 0.05) is 16.8 Å². The fraction of sp³-hybridized carbons (Fsp3) is 0. The maximum Gasteiger partial charge on any atom is 0.201 e. The van der Waals surface area contributed by atoms with Gasteiger partial charge in [0.05, 0.1) is 0 Å². The van der Waals surface area contributed by atoms with Crippen LogP contribution < -0.4 is 0 Å². The molecule has 0 aliphatic heterocycles. The first-order chi connectivity index (χ1) is 8.08. The Labute approximate surface area is 94.8 Å². The van der Waals surface area contributed by atoms with E-state index in [1.165, 1.54) is 18.2 Å². The molecule has 1 heterocycles. The van der Waals surface area contributed by atoms with Crippen LogP contribution in [0.5, 0.6) is 23.0 Å². The molecule has 0 radical (unpaired) electrons. The fourth-order valence-corrected chi connectivity index (χ4v) is 1.88. The zero-order valence-corrected chi connectivity index (χ0v) is 8.51. The van der Waals surface area contributed by atoms with Gasteiger partial charge >= 0.3 is 0 Å². The molecule has 5 heteroatoms. The Bertz CT molecular complexity index is 742. The fourth-order valence-electron chi connectivity index (χ4n) is 1.88. The summed E-state index contributed by atoms with van der Waals surface area (Å²) in [6.07, 6.45) is 0. The van der Waals surface area contributed by atoms with E-state index in [2.05, 4.69) is 0 Å². The number of rotatable bonds is 0. The van der Waals surface area contributed by atoms with Crippen LogP contribution in [0, 0.1) is 0 Å². The number of hydrogen-bond acceptors (Lipinski definition) is 5. The minimum Gasteiger partial charge on any atom is -0.508 e. The van der Waals surface area contributed by atoms with Crippen LogP contribution in [0.3, 0.4) is 0 Å². The number of benzene rings is 2. The lowest BCUT2D eigenvalue weighted by atomic mass is 10.1. The highest BCUT2D eigenvalue weighted by Gasteiger charge is 2.16. The Hall–Kier alpha value is -2.56. The monoisotopic (exact) mass is 232 g/mol. The van der Waals surface area contributed by atoms with Gasteiger partial charge in [0.15, 0.2) is 22.7 Å². The summed E-state index contributed by atoms with van der Waals surface area (Å²) in [5.41, 5.74) is 0.222. The summed E-state index contributed by atoms with van der Waals surface area (Å²) in [7, 11) is 0. The van der Waals surface area contributed by atoms with Crippen molar-refractivity contribution in [3.8, 4) is 23.0 Å². The van der Waals surface area contributed by atoms with Gasteiger partial charge in [0.25, 0.3) is 0 Å². The molecule has 0 fully saturated rings. The summed E-state index contributed by atoms with van der Waals surface area (Å²) in [6.45, 7) is 0. The standard InChI is InChI=1S/C12H8O5/c13-5-3-7-6-1-2-8(14)10(16)12(6)17-11(7)9(15)4-5/h1-4,13-16H. The van der Waals surface area contributed by atoms with Crippen LogP contribution in [0.25, 0.3) is 21.9 Å². The van der Waals surface area contributed by atoms with Gasteiger partial charge < -0.3 is 24.8 Å². The van der Waals surface area contributed by atoms with Crippen LogP contribution in [0.2, 0.25) is 0 Å². The summed E-state index contributed by atoms with van der Waals surface area (Å²) in [5.74, 6) is -1.03. The predicted octanol–water partition coefficient (Wildman–Crippen LogP) is 2.41. The van der Waals surface area contributed by atoms with Crippen LogP contribution in [0.15, 0.2) is 28.7 Å². The van der Waals surface area contributed by atoms with Crippen LogP contribution in [0.4, 0.5) is 0 Å². The van der Waals surface area contributed by atoms with Crippen molar-refractivity contribution in [1.82, 2.24) is 0 Å². The summed E-state index contributed by atoms with van der Waals surface area (Å²) in [5, 5.41) is 39.0. The zero-order valence-electron chi connectivity index (χ0n) is 8.51. The Morgan fingerprint density at radius 2 is 1.53 bits per heavy atom. The van der Waals surface area contributed by atoms with Gasteiger partial charge in [0.2, 0.25) is 5.75 Å². The molecular formula is C12H8O5. The average Bonchev–Trinajstić information content (AvgIpc) is 2.63. The highest BCUT2D eigenvalue weighted by atomic mass is 16.4. The second-order valence-corrected chi connectivity index (χ2v) is 3.75. The third-order valence-corrected chi connectivity index (χ3v) is 2.66. The van der Waals surface area contributed by atoms with Gasteiger partial charge in [-0.2, -0.15) is 0 Å². The van der Waals surface area contributed by atoms with Gasteiger partial charge in [-0.05, 0) is 18.2 Å². The smallest absolute Gasteiger partial charge is 0.201 e. The number of furan rings is 1. The molecule has 0 saturated heterocycles. The molecule has 0 bridgehead atoms. The molecular weight excluding hydrogens is 224 g/mol. The summed E-state index contributed by atoms with van der Waals surface area (Å²) >= 11 is 0. The molecule has 0 atom stereocenters. The molecule has 5 nitrogen and oxygen atoms in total. The lowest BCUT2D eigenvalue weighted by molar-refractivity contribution is 0.401. The zero-order chi connectivity index (χ0) is 12.2. The van der Waals surface area contributed by atoms with Crippen LogP contribution >= 0.6 is 0 Å². The van der Waals surface area contributed by atoms with E-state index in [9.17, 15) is 20.4 Å². The van der Waals surface area contributed by atoms with Crippen molar-refractivity contribution in [2.24, 2.45) is 0 Å². The molecule has 3 rings (SSSR count). The van der Waals surface area contributed by atoms with E-state index in [-0.39, 0.29) is 28.4 Å². The number of phenolic OH excluding ortho intramolecular Hbond substituents is 4. The lowest BCUT2D eigenvalue weighted by Crippen LogP contribution is -1.70. The van der Waals surface area contributed by atoms with Gasteiger partial charge in [-0.25, -0.2) is 0 Å². The SMILES string of the molecule is Oc1cc(O)c2oc3c(O)c(O)ccc3c2c1. The molecule has 0 amide bonds. The average molecular weight is 232 g/mol. The van der Waals surface area contributed by atoms with Crippen LogP contribution in [-0.4, -0.2) is 20.4 Å². The molecule has 0 aliphatic carbocycles. The molecule has 0 aliphatic rings. The topological polar surface area (TPSA) is 94.1 Å². The van der Waals surface area contributed by atoms with E-state index in [4.69, 9.17) is 4.42 Å². The molecule has 4 N–H and O–H groups in total. The minimum atomic E-state index is -0.391. The molecule has 0 unspecified atom stereocenters. The molecule has 17 heavy (non-hydrogen) atoms. The predicted molar refractivity (Wildman–Crippen MR) is 60.4 cm³/mol. The first kappa shape index (κ1) is 9.65. The summed E-state index contributed by atoms with van der Waals surface area (Å²) in [4.78, 5) is 0.